The summed E-state index contributed by atoms with van der Waals surface area (Å²) in [6.07, 6.45) is 1.81. The minimum Gasteiger partial charge on any atom is -0.497 e. The standard InChI is InChI=1S/C24H35N5O6/c1-17-12-29(18(2)15-30)23(31)6-5-11-28-13-19(25-26-28)16-34-22(17)14-27(3)24(32)35-21-9-7-20(33-4)8-10-21/h7-10,13,17-18,22,30H,5-6,11-12,14-16H2,1-4H3/t17-,18+,22-/m1/s1. The maximum atomic E-state index is 12.9. The summed E-state index contributed by atoms with van der Waals surface area (Å²) >= 11 is 0. The van der Waals surface area contributed by atoms with Gasteiger partial charge in [0.25, 0.3) is 0 Å². The molecule has 11 nitrogen and oxygen atoms in total. The number of hydrogen-bond acceptors (Lipinski definition) is 8. The van der Waals surface area contributed by atoms with Crippen molar-refractivity contribution in [3.8, 4) is 11.5 Å². The molecule has 35 heavy (non-hydrogen) atoms. The molecule has 0 aliphatic carbocycles. The van der Waals surface area contributed by atoms with Crippen molar-refractivity contribution in [1.82, 2.24) is 24.8 Å². The largest absolute Gasteiger partial charge is 0.497 e. The van der Waals surface area contributed by atoms with Crippen LogP contribution in [0.3, 0.4) is 0 Å². The van der Waals surface area contributed by atoms with Crippen LogP contribution < -0.4 is 9.47 Å². The van der Waals surface area contributed by atoms with E-state index in [2.05, 4.69) is 10.3 Å². The number of hydrogen-bond donors (Lipinski definition) is 1. The molecule has 0 saturated carbocycles. The first-order valence-electron chi connectivity index (χ1n) is 11.8. The third-order valence-electron chi connectivity index (χ3n) is 6.08. The van der Waals surface area contributed by atoms with E-state index in [1.165, 1.54) is 4.90 Å². The van der Waals surface area contributed by atoms with Crippen LogP contribution in [0.25, 0.3) is 0 Å². The van der Waals surface area contributed by atoms with Gasteiger partial charge >= 0.3 is 6.09 Å². The molecule has 0 fully saturated rings. The van der Waals surface area contributed by atoms with Crippen molar-refractivity contribution >= 4 is 12.0 Å². The number of amides is 2. The average Bonchev–Trinajstić information content (AvgIpc) is 3.31. The second kappa shape index (κ2) is 12.5. The van der Waals surface area contributed by atoms with Crippen LogP contribution in [0.15, 0.2) is 30.5 Å². The summed E-state index contributed by atoms with van der Waals surface area (Å²) < 4.78 is 18.5. The van der Waals surface area contributed by atoms with Crippen LogP contribution in [0.1, 0.15) is 32.4 Å². The van der Waals surface area contributed by atoms with E-state index in [4.69, 9.17) is 14.2 Å². The Bertz CT molecular complexity index is 966. The van der Waals surface area contributed by atoms with Gasteiger partial charge in [0, 0.05) is 32.5 Å². The predicted molar refractivity (Wildman–Crippen MR) is 127 cm³/mol. The van der Waals surface area contributed by atoms with Gasteiger partial charge in [-0.15, -0.1) is 5.10 Å². The number of rotatable bonds is 6. The van der Waals surface area contributed by atoms with E-state index in [1.807, 2.05) is 13.8 Å². The first kappa shape index (κ1) is 26.4. The molecule has 0 unspecified atom stereocenters. The Morgan fingerprint density at radius 1 is 1.31 bits per heavy atom. The molecule has 2 bridgehead atoms. The molecule has 2 heterocycles. The molecular weight excluding hydrogens is 454 g/mol. The molecule has 0 saturated heterocycles. The molecule has 1 aliphatic heterocycles. The van der Waals surface area contributed by atoms with E-state index >= 15 is 0 Å². The van der Waals surface area contributed by atoms with Gasteiger partial charge in [-0.05, 0) is 37.6 Å². The number of aryl methyl sites for hydroxylation is 1. The second-order valence-electron chi connectivity index (χ2n) is 8.90. The molecule has 2 amide bonds. The summed E-state index contributed by atoms with van der Waals surface area (Å²) in [5.74, 6) is 0.887. The van der Waals surface area contributed by atoms with Gasteiger partial charge in [0.1, 0.15) is 17.2 Å². The molecule has 2 aromatic rings. The molecule has 1 aromatic carbocycles. The van der Waals surface area contributed by atoms with Gasteiger partial charge < -0.3 is 29.1 Å². The number of aromatic nitrogens is 3. The van der Waals surface area contributed by atoms with E-state index in [-0.39, 0.29) is 37.6 Å². The lowest BCUT2D eigenvalue weighted by molar-refractivity contribution is -0.136. The van der Waals surface area contributed by atoms with Crippen LogP contribution in [-0.2, 0) is 22.7 Å². The van der Waals surface area contributed by atoms with Crippen molar-refractivity contribution in [2.24, 2.45) is 5.92 Å². The Balaban J connectivity index is 1.73. The van der Waals surface area contributed by atoms with Gasteiger partial charge in [0.05, 0.1) is 45.2 Å². The van der Waals surface area contributed by atoms with E-state index in [1.54, 1.807) is 54.2 Å². The zero-order valence-corrected chi connectivity index (χ0v) is 20.8. The highest BCUT2D eigenvalue weighted by molar-refractivity contribution is 5.76. The zero-order chi connectivity index (χ0) is 25.4. The lowest BCUT2D eigenvalue weighted by Crippen LogP contribution is -2.48. The summed E-state index contributed by atoms with van der Waals surface area (Å²) in [6.45, 7) is 5.06. The third-order valence-corrected chi connectivity index (χ3v) is 6.08. The van der Waals surface area contributed by atoms with Gasteiger partial charge in [-0.2, -0.15) is 0 Å². The normalized spacial score (nSPS) is 20.3. The molecule has 0 spiro atoms. The number of aliphatic hydroxyl groups is 1. The molecule has 1 aliphatic rings. The smallest absolute Gasteiger partial charge is 0.415 e. The van der Waals surface area contributed by atoms with E-state index in [0.717, 1.165) is 0 Å². The number of aliphatic hydroxyl groups excluding tert-OH is 1. The highest BCUT2D eigenvalue weighted by Crippen LogP contribution is 2.20. The van der Waals surface area contributed by atoms with E-state index < -0.39 is 12.2 Å². The summed E-state index contributed by atoms with van der Waals surface area (Å²) in [5, 5.41) is 18.0. The van der Waals surface area contributed by atoms with Crippen molar-refractivity contribution in [1.29, 1.82) is 0 Å². The Labute approximate surface area is 205 Å². The topological polar surface area (TPSA) is 119 Å². The predicted octanol–water partition coefficient (Wildman–Crippen LogP) is 1.94. The minimum absolute atomic E-state index is 0.0380. The van der Waals surface area contributed by atoms with Crippen molar-refractivity contribution in [3.63, 3.8) is 0 Å². The van der Waals surface area contributed by atoms with Gasteiger partial charge in [-0.25, -0.2) is 4.79 Å². The Kier molecular flexibility index (Phi) is 9.44. The lowest BCUT2D eigenvalue weighted by Gasteiger charge is -2.35. The summed E-state index contributed by atoms with van der Waals surface area (Å²) in [7, 11) is 3.20. The highest BCUT2D eigenvalue weighted by atomic mass is 16.6. The monoisotopic (exact) mass is 489 g/mol. The van der Waals surface area contributed by atoms with Gasteiger partial charge in [-0.3, -0.25) is 9.48 Å². The number of nitrogens with zero attached hydrogens (tertiary/aromatic N) is 5. The van der Waals surface area contributed by atoms with Crippen LogP contribution in [0, 0.1) is 5.92 Å². The maximum Gasteiger partial charge on any atom is 0.415 e. The summed E-state index contributed by atoms with van der Waals surface area (Å²) in [4.78, 5) is 28.8. The fourth-order valence-electron chi connectivity index (χ4n) is 3.86. The number of carbonyl (C=O) groups is 2. The van der Waals surface area contributed by atoms with Gasteiger partial charge in [0.2, 0.25) is 5.91 Å². The fourth-order valence-corrected chi connectivity index (χ4v) is 3.86. The summed E-state index contributed by atoms with van der Waals surface area (Å²) in [5.41, 5.74) is 0.678. The highest BCUT2D eigenvalue weighted by Gasteiger charge is 2.29. The van der Waals surface area contributed by atoms with Crippen LogP contribution in [-0.4, -0.2) is 87.9 Å². The molecule has 1 N–H and O–H groups in total. The number of fused-ring (bicyclic) bond motifs is 2. The average molecular weight is 490 g/mol. The molecule has 11 heteroatoms. The van der Waals surface area contributed by atoms with E-state index in [9.17, 15) is 14.7 Å². The van der Waals surface area contributed by atoms with Crippen molar-refractivity contribution < 1.29 is 28.9 Å². The third kappa shape index (κ3) is 7.40. The van der Waals surface area contributed by atoms with Crippen molar-refractivity contribution in [2.75, 3.05) is 33.9 Å². The molecule has 0 radical (unpaired) electrons. The number of ether oxygens (including phenoxy) is 3. The first-order chi connectivity index (χ1) is 16.8. The van der Waals surface area contributed by atoms with Crippen LogP contribution in [0.5, 0.6) is 11.5 Å². The lowest BCUT2D eigenvalue weighted by atomic mass is 10.0. The van der Waals surface area contributed by atoms with Crippen molar-refractivity contribution in [3.05, 3.63) is 36.2 Å². The van der Waals surface area contributed by atoms with Crippen LogP contribution >= 0.6 is 0 Å². The Morgan fingerprint density at radius 3 is 2.71 bits per heavy atom. The molecule has 3 rings (SSSR count). The van der Waals surface area contributed by atoms with Gasteiger partial charge in [-0.1, -0.05) is 12.1 Å². The summed E-state index contributed by atoms with van der Waals surface area (Å²) in [6, 6.07) is 6.41. The molecule has 3 atom stereocenters. The quantitative estimate of drug-likeness (QED) is 0.654. The second-order valence-corrected chi connectivity index (χ2v) is 8.90. The number of carbonyl (C=O) groups excluding carboxylic acids is 2. The molecule has 1 aromatic heterocycles. The Morgan fingerprint density at radius 2 is 2.03 bits per heavy atom. The van der Waals surface area contributed by atoms with E-state index in [0.29, 0.717) is 43.1 Å². The fraction of sp³-hybridized carbons (Fsp3) is 0.583. The van der Waals surface area contributed by atoms with Crippen LogP contribution in [0.2, 0.25) is 0 Å². The zero-order valence-electron chi connectivity index (χ0n) is 20.8. The minimum atomic E-state index is -0.531. The van der Waals surface area contributed by atoms with Gasteiger partial charge in [0.15, 0.2) is 0 Å². The first-order valence-corrected chi connectivity index (χ1v) is 11.8. The number of methoxy groups -OCH3 is 1. The molecule has 192 valence electrons. The van der Waals surface area contributed by atoms with Crippen LogP contribution in [0.4, 0.5) is 4.79 Å². The van der Waals surface area contributed by atoms with Crippen molar-refractivity contribution in [2.45, 2.75) is 52.0 Å². The SMILES string of the molecule is COc1ccc(OC(=O)N(C)C[C@H]2OCc3cn(nn3)CCCC(=O)N([C@@H](C)CO)C[C@H]2C)cc1. The number of likely N-dealkylation sites (N-methyl/N-ethyl adjacent to an activating group) is 1. The maximum absolute atomic E-state index is 12.9. The number of benzene rings is 1. The Hall–Kier alpha value is -3.18. The molecular formula is C24H35N5O6.